The van der Waals surface area contributed by atoms with Gasteiger partial charge in [0.25, 0.3) is 0 Å². The van der Waals surface area contributed by atoms with Gasteiger partial charge in [-0.05, 0) is 54.3 Å². The first-order valence-corrected chi connectivity index (χ1v) is 11.2. The average molecular weight is 544 g/mol. The van der Waals surface area contributed by atoms with E-state index in [1.165, 1.54) is 18.4 Å². The molecule has 1 heterocycles. The lowest BCUT2D eigenvalue weighted by Crippen LogP contribution is -2.39. The monoisotopic (exact) mass is 544 g/mol. The Kier molecular flexibility index (Phi) is 8.65. The van der Waals surface area contributed by atoms with Gasteiger partial charge in [0, 0.05) is 43.5 Å². The van der Waals surface area contributed by atoms with Crippen molar-refractivity contribution in [3.05, 3.63) is 65.6 Å². The van der Waals surface area contributed by atoms with E-state index in [1.54, 1.807) is 25.2 Å². The van der Waals surface area contributed by atoms with Crippen LogP contribution in [0.25, 0.3) is 10.9 Å². The van der Waals surface area contributed by atoms with Gasteiger partial charge in [-0.15, -0.1) is 24.0 Å². The van der Waals surface area contributed by atoms with E-state index in [2.05, 4.69) is 20.6 Å². The summed E-state index contributed by atoms with van der Waals surface area (Å²) in [6, 6.07) is 11.7. The van der Waals surface area contributed by atoms with Crippen LogP contribution in [0.2, 0.25) is 0 Å². The first-order valence-electron chi connectivity index (χ1n) is 9.36. The maximum absolute atomic E-state index is 13.3. The molecule has 0 aliphatic heterocycles. The van der Waals surface area contributed by atoms with E-state index in [9.17, 15) is 12.8 Å². The third kappa shape index (κ3) is 6.43. The number of aliphatic imine (C=N–C) groups is 1. The number of halogens is 2. The highest BCUT2D eigenvalue weighted by atomic mass is 127. The number of benzene rings is 2. The van der Waals surface area contributed by atoms with E-state index in [-0.39, 0.29) is 29.8 Å². The largest absolute Gasteiger partial charge is 0.361 e. The quantitative estimate of drug-likeness (QED) is 0.242. The molecule has 6 nitrogen and oxygen atoms in total. The van der Waals surface area contributed by atoms with Crippen LogP contribution in [-0.2, 0) is 22.7 Å². The molecular weight excluding hydrogens is 518 g/mol. The Balaban J connectivity index is 0.00000320. The van der Waals surface area contributed by atoms with Gasteiger partial charge >= 0.3 is 0 Å². The number of rotatable bonds is 7. The molecule has 0 spiro atoms. The zero-order chi connectivity index (χ0) is 20.9. The maximum atomic E-state index is 13.3. The van der Waals surface area contributed by atoms with Gasteiger partial charge in [-0.25, -0.2) is 12.8 Å². The Bertz CT molecular complexity index is 1110. The summed E-state index contributed by atoms with van der Waals surface area (Å²) in [5.74, 6) is 0.447. The summed E-state index contributed by atoms with van der Waals surface area (Å²) in [5, 5.41) is 7.54. The van der Waals surface area contributed by atoms with Crippen molar-refractivity contribution in [2.75, 3.05) is 26.4 Å². The molecule has 0 radical (unpaired) electrons. The highest BCUT2D eigenvalue weighted by Gasteiger charge is 2.07. The minimum atomic E-state index is -3.17. The van der Waals surface area contributed by atoms with E-state index in [4.69, 9.17) is 0 Å². The number of hydrogen-bond acceptors (Lipinski definition) is 3. The van der Waals surface area contributed by atoms with Crippen LogP contribution >= 0.6 is 24.0 Å². The Morgan fingerprint density at radius 1 is 1.07 bits per heavy atom. The first kappa shape index (κ1) is 24.1. The third-order valence-electron chi connectivity index (χ3n) is 4.70. The second-order valence-electron chi connectivity index (χ2n) is 6.85. The highest BCUT2D eigenvalue weighted by Crippen LogP contribution is 2.19. The molecule has 0 saturated heterocycles. The molecule has 0 aliphatic carbocycles. The zero-order valence-electron chi connectivity index (χ0n) is 16.9. The summed E-state index contributed by atoms with van der Waals surface area (Å²) >= 11 is 0. The molecule has 0 aliphatic rings. The molecule has 0 amide bonds. The van der Waals surface area contributed by atoms with E-state index in [0.717, 1.165) is 34.9 Å². The van der Waals surface area contributed by atoms with Crippen LogP contribution in [0.1, 0.15) is 11.1 Å². The summed E-state index contributed by atoms with van der Waals surface area (Å²) in [6.45, 7) is 1.36. The van der Waals surface area contributed by atoms with Crippen molar-refractivity contribution in [3.63, 3.8) is 0 Å². The van der Waals surface area contributed by atoms with Gasteiger partial charge in [-0.3, -0.25) is 4.99 Å². The number of H-pyrrole nitrogens is 1. The standard InChI is InChI=1S/C21H25FN4O2S.HI/c1-23-21(24-11-9-15-3-6-18(7-4-15)29(2,27)28)25-12-10-16-14-26-20-13-17(22)5-8-19(16)20;/h3-8,13-14,26H,9-12H2,1-2H3,(H2,23,24,25);1H. The second kappa shape index (κ2) is 10.8. The van der Waals surface area contributed by atoms with Gasteiger partial charge < -0.3 is 15.6 Å². The average Bonchev–Trinajstić information content (AvgIpc) is 3.08. The lowest BCUT2D eigenvalue weighted by Gasteiger charge is -2.12. The summed E-state index contributed by atoms with van der Waals surface area (Å²) in [7, 11) is -1.45. The van der Waals surface area contributed by atoms with Crippen molar-refractivity contribution in [1.82, 2.24) is 15.6 Å². The van der Waals surface area contributed by atoms with Gasteiger partial charge in [0.15, 0.2) is 15.8 Å². The maximum Gasteiger partial charge on any atom is 0.190 e. The predicted octanol–water partition coefficient (Wildman–Crippen LogP) is 3.28. The van der Waals surface area contributed by atoms with E-state index < -0.39 is 9.84 Å². The number of nitrogens with zero attached hydrogens (tertiary/aromatic N) is 1. The predicted molar refractivity (Wildman–Crippen MR) is 130 cm³/mol. The van der Waals surface area contributed by atoms with Crippen LogP contribution in [0.3, 0.4) is 0 Å². The lowest BCUT2D eigenvalue weighted by molar-refractivity contribution is 0.602. The smallest absolute Gasteiger partial charge is 0.190 e. The van der Waals surface area contributed by atoms with Crippen molar-refractivity contribution in [2.24, 2.45) is 4.99 Å². The fraction of sp³-hybridized carbons (Fsp3) is 0.286. The van der Waals surface area contributed by atoms with Crippen molar-refractivity contribution >= 4 is 50.7 Å². The molecule has 3 aromatic rings. The molecule has 162 valence electrons. The number of aromatic nitrogens is 1. The molecule has 0 atom stereocenters. The fourth-order valence-corrected chi connectivity index (χ4v) is 3.76. The Hall–Kier alpha value is -2.14. The Labute approximate surface area is 193 Å². The van der Waals surface area contributed by atoms with E-state index >= 15 is 0 Å². The van der Waals surface area contributed by atoms with Crippen LogP contribution in [0.4, 0.5) is 4.39 Å². The lowest BCUT2D eigenvalue weighted by atomic mass is 10.1. The molecule has 3 rings (SSSR count). The fourth-order valence-electron chi connectivity index (χ4n) is 3.13. The van der Waals surface area contributed by atoms with Crippen molar-refractivity contribution in [1.29, 1.82) is 0 Å². The Morgan fingerprint density at radius 3 is 2.37 bits per heavy atom. The highest BCUT2D eigenvalue weighted by molar-refractivity contribution is 14.0. The molecule has 0 unspecified atom stereocenters. The summed E-state index contributed by atoms with van der Waals surface area (Å²) in [5.41, 5.74) is 2.96. The molecule has 0 fully saturated rings. The number of aromatic amines is 1. The van der Waals surface area contributed by atoms with E-state index in [0.29, 0.717) is 23.9 Å². The number of fused-ring (bicyclic) bond motifs is 1. The molecule has 2 aromatic carbocycles. The number of sulfone groups is 1. The summed E-state index contributed by atoms with van der Waals surface area (Å²) in [6.07, 6.45) is 4.63. The van der Waals surface area contributed by atoms with Crippen LogP contribution in [0, 0.1) is 5.82 Å². The Morgan fingerprint density at radius 2 is 1.73 bits per heavy atom. The SMILES string of the molecule is CN=C(NCCc1ccc(S(C)(=O)=O)cc1)NCCc1c[nH]c2cc(F)ccc12.I. The molecular formula is C21H26FIN4O2S. The second-order valence-corrected chi connectivity index (χ2v) is 8.86. The van der Waals surface area contributed by atoms with Gasteiger partial charge in [0.1, 0.15) is 5.82 Å². The topological polar surface area (TPSA) is 86.3 Å². The molecule has 1 aromatic heterocycles. The van der Waals surface area contributed by atoms with Crippen LogP contribution < -0.4 is 10.6 Å². The van der Waals surface area contributed by atoms with Gasteiger partial charge in [-0.2, -0.15) is 0 Å². The molecule has 0 saturated carbocycles. The minimum Gasteiger partial charge on any atom is -0.361 e. The summed E-state index contributed by atoms with van der Waals surface area (Å²) < 4.78 is 36.3. The van der Waals surface area contributed by atoms with Gasteiger partial charge in [-0.1, -0.05) is 12.1 Å². The molecule has 3 N–H and O–H groups in total. The van der Waals surface area contributed by atoms with Crippen LogP contribution in [0.5, 0.6) is 0 Å². The number of nitrogens with one attached hydrogen (secondary N) is 3. The molecule has 30 heavy (non-hydrogen) atoms. The summed E-state index contributed by atoms with van der Waals surface area (Å²) in [4.78, 5) is 7.64. The molecule has 0 bridgehead atoms. The zero-order valence-corrected chi connectivity index (χ0v) is 20.1. The van der Waals surface area contributed by atoms with Crippen LogP contribution in [-0.4, -0.2) is 45.8 Å². The number of guanidine groups is 1. The van der Waals surface area contributed by atoms with Crippen molar-refractivity contribution in [3.8, 4) is 0 Å². The van der Waals surface area contributed by atoms with Crippen LogP contribution in [0.15, 0.2) is 58.5 Å². The van der Waals surface area contributed by atoms with E-state index in [1.807, 2.05) is 18.3 Å². The molecule has 9 heteroatoms. The number of hydrogen-bond donors (Lipinski definition) is 3. The minimum absolute atomic E-state index is 0. The third-order valence-corrected chi connectivity index (χ3v) is 5.83. The van der Waals surface area contributed by atoms with Crippen molar-refractivity contribution in [2.45, 2.75) is 17.7 Å². The van der Waals surface area contributed by atoms with Gasteiger partial charge in [0.05, 0.1) is 4.90 Å². The van der Waals surface area contributed by atoms with Crippen molar-refractivity contribution < 1.29 is 12.8 Å². The van der Waals surface area contributed by atoms with Gasteiger partial charge in [0.2, 0.25) is 0 Å². The first-order chi connectivity index (χ1) is 13.9. The normalized spacial score (nSPS) is 11.9.